The first-order chi connectivity index (χ1) is 8.48. The summed E-state index contributed by atoms with van der Waals surface area (Å²) in [6.07, 6.45) is 5.50. The van der Waals surface area contributed by atoms with Crippen LogP contribution in [0.25, 0.3) is 0 Å². The smallest absolute Gasteiger partial charge is 0.325 e. The van der Waals surface area contributed by atoms with Gasteiger partial charge in [0.1, 0.15) is 6.54 Å². The van der Waals surface area contributed by atoms with Crippen LogP contribution in [-0.4, -0.2) is 37.5 Å². The topological polar surface area (TPSA) is 97.1 Å². The van der Waals surface area contributed by atoms with E-state index in [9.17, 15) is 9.59 Å². The van der Waals surface area contributed by atoms with Crippen LogP contribution in [-0.2, 0) is 11.3 Å². The maximum atomic E-state index is 11.9. The summed E-state index contributed by atoms with van der Waals surface area (Å²) in [4.78, 5) is 22.4. The molecule has 0 unspecified atom stereocenters. The highest BCUT2D eigenvalue weighted by Gasteiger charge is 2.31. The summed E-state index contributed by atoms with van der Waals surface area (Å²) in [7, 11) is 0. The van der Waals surface area contributed by atoms with Gasteiger partial charge in [-0.1, -0.05) is 18.1 Å². The first-order valence-electron chi connectivity index (χ1n) is 5.93. The highest BCUT2D eigenvalue weighted by molar-refractivity contribution is 5.92. The van der Waals surface area contributed by atoms with Crippen LogP contribution in [0.4, 0.5) is 0 Å². The van der Waals surface area contributed by atoms with Crippen molar-refractivity contribution >= 4 is 11.9 Å². The molecule has 1 aromatic heterocycles. The number of carboxylic acid groups (broad SMARTS) is 1. The van der Waals surface area contributed by atoms with Crippen LogP contribution >= 0.6 is 0 Å². The summed E-state index contributed by atoms with van der Waals surface area (Å²) in [5, 5.41) is 18.8. The van der Waals surface area contributed by atoms with Crippen LogP contribution in [0.2, 0.25) is 0 Å². The van der Waals surface area contributed by atoms with E-state index in [0.29, 0.717) is 0 Å². The number of hydrogen-bond donors (Lipinski definition) is 2. The quantitative estimate of drug-likeness (QED) is 0.809. The standard InChI is InChI=1S/C11H16N4O3/c1-11(4-2-3-5-11)12-10(18)8-6-15(14-13-8)7-9(16)17/h6H,2-5,7H2,1H3,(H,12,18)(H,16,17). The van der Waals surface area contributed by atoms with Crippen molar-refractivity contribution in [3.63, 3.8) is 0 Å². The third-order valence-electron chi connectivity index (χ3n) is 3.19. The van der Waals surface area contributed by atoms with Crippen molar-refractivity contribution in [2.24, 2.45) is 0 Å². The molecule has 0 aliphatic heterocycles. The molecule has 0 radical (unpaired) electrons. The van der Waals surface area contributed by atoms with E-state index in [1.165, 1.54) is 6.20 Å². The van der Waals surface area contributed by atoms with E-state index >= 15 is 0 Å². The lowest BCUT2D eigenvalue weighted by molar-refractivity contribution is -0.137. The largest absolute Gasteiger partial charge is 0.480 e. The fourth-order valence-corrected chi connectivity index (χ4v) is 2.24. The third-order valence-corrected chi connectivity index (χ3v) is 3.19. The molecule has 1 amide bonds. The molecule has 0 atom stereocenters. The summed E-state index contributed by atoms with van der Waals surface area (Å²) < 4.78 is 1.13. The zero-order valence-corrected chi connectivity index (χ0v) is 10.2. The van der Waals surface area contributed by atoms with Crippen molar-refractivity contribution in [1.82, 2.24) is 20.3 Å². The SMILES string of the molecule is CC1(NC(=O)c2cn(CC(=O)O)nn2)CCCC1. The highest BCUT2D eigenvalue weighted by atomic mass is 16.4. The van der Waals surface area contributed by atoms with E-state index in [4.69, 9.17) is 5.11 Å². The van der Waals surface area contributed by atoms with Gasteiger partial charge in [0.25, 0.3) is 5.91 Å². The van der Waals surface area contributed by atoms with Crippen LogP contribution in [0.3, 0.4) is 0 Å². The van der Waals surface area contributed by atoms with E-state index in [1.807, 2.05) is 6.92 Å². The minimum absolute atomic E-state index is 0.157. The first-order valence-corrected chi connectivity index (χ1v) is 5.93. The fraction of sp³-hybridized carbons (Fsp3) is 0.636. The number of carbonyl (C=O) groups is 2. The monoisotopic (exact) mass is 252 g/mol. The average Bonchev–Trinajstić information content (AvgIpc) is 2.87. The minimum atomic E-state index is -1.02. The summed E-state index contributed by atoms with van der Waals surface area (Å²) in [5.41, 5.74) is -0.0161. The highest BCUT2D eigenvalue weighted by Crippen LogP contribution is 2.28. The molecule has 1 fully saturated rings. The minimum Gasteiger partial charge on any atom is -0.480 e. The number of nitrogens with zero attached hydrogens (tertiary/aromatic N) is 3. The Bertz CT molecular complexity index is 463. The van der Waals surface area contributed by atoms with Gasteiger partial charge in [0.15, 0.2) is 5.69 Å². The summed E-state index contributed by atoms with van der Waals surface area (Å²) >= 11 is 0. The number of amides is 1. The normalized spacial score (nSPS) is 17.6. The van der Waals surface area contributed by atoms with E-state index in [1.54, 1.807) is 0 Å². The Morgan fingerprint density at radius 2 is 2.17 bits per heavy atom. The molecule has 0 aromatic carbocycles. The van der Waals surface area contributed by atoms with Crippen molar-refractivity contribution in [2.75, 3.05) is 0 Å². The van der Waals surface area contributed by atoms with Gasteiger partial charge in [-0.05, 0) is 19.8 Å². The van der Waals surface area contributed by atoms with Gasteiger partial charge in [0, 0.05) is 5.54 Å². The number of nitrogens with one attached hydrogen (secondary N) is 1. The third kappa shape index (κ3) is 2.85. The molecule has 2 N–H and O–H groups in total. The van der Waals surface area contributed by atoms with Crippen LogP contribution in [0.15, 0.2) is 6.20 Å². The van der Waals surface area contributed by atoms with Crippen LogP contribution in [0, 0.1) is 0 Å². The second-order valence-corrected chi connectivity index (χ2v) is 4.92. The second kappa shape index (κ2) is 4.75. The fourth-order valence-electron chi connectivity index (χ4n) is 2.24. The molecule has 2 rings (SSSR count). The molecule has 7 heteroatoms. The Morgan fingerprint density at radius 3 is 2.78 bits per heavy atom. The summed E-state index contributed by atoms with van der Waals surface area (Å²) in [6.45, 7) is 1.72. The van der Waals surface area contributed by atoms with Crippen LogP contribution in [0.5, 0.6) is 0 Å². The van der Waals surface area contributed by atoms with Crippen molar-refractivity contribution in [3.05, 3.63) is 11.9 Å². The predicted octanol–water partition coefficient (Wildman–Crippen LogP) is 0.425. The molecule has 0 spiro atoms. The van der Waals surface area contributed by atoms with Crippen molar-refractivity contribution in [2.45, 2.75) is 44.7 Å². The molecule has 1 heterocycles. The lowest BCUT2D eigenvalue weighted by atomic mass is 10.0. The number of hydrogen-bond acceptors (Lipinski definition) is 4. The van der Waals surface area contributed by atoms with Gasteiger partial charge < -0.3 is 10.4 Å². The Kier molecular flexibility index (Phi) is 3.31. The molecule has 1 aromatic rings. The predicted molar refractivity (Wildman–Crippen MR) is 62.0 cm³/mol. The van der Waals surface area contributed by atoms with E-state index < -0.39 is 5.97 Å². The van der Waals surface area contributed by atoms with Gasteiger partial charge in [-0.15, -0.1) is 5.10 Å². The lowest BCUT2D eigenvalue weighted by Crippen LogP contribution is -2.43. The molecule has 98 valence electrons. The summed E-state index contributed by atoms with van der Waals surface area (Å²) in [5.74, 6) is -1.31. The van der Waals surface area contributed by atoms with Crippen molar-refractivity contribution in [1.29, 1.82) is 0 Å². The Hall–Kier alpha value is -1.92. The number of aromatic nitrogens is 3. The Labute approximate surface area is 104 Å². The zero-order valence-electron chi connectivity index (χ0n) is 10.2. The molecule has 1 aliphatic carbocycles. The van der Waals surface area contributed by atoms with Crippen molar-refractivity contribution in [3.8, 4) is 0 Å². The maximum absolute atomic E-state index is 11.9. The molecule has 0 bridgehead atoms. The second-order valence-electron chi connectivity index (χ2n) is 4.92. The van der Waals surface area contributed by atoms with E-state index in [0.717, 1.165) is 30.4 Å². The number of carbonyl (C=O) groups excluding carboxylic acids is 1. The molecule has 0 saturated heterocycles. The molecule has 1 saturated carbocycles. The van der Waals surface area contributed by atoms with Crippen LogP contribution in [0.1, 0.15) is 43.1 Å². The lowest BCUT2D eigenvalue weighted by Gasteiger charge is -2.24. The molecule has 7 nitrogen and oxygen atoms in total. The Morgan fingerprint density at radius 1 is 1.50 bits per heavy atom. The van der Waals surface area contributed by atoms with E-state index in [2.05, 4.69) is 15.6 Å². The maximum Gasteiger partial charge on any atom is 0.325 e. The van der Waals surface area contributed by atoms with Gasteiger partial charge >= 0.3 is 5.97 Å². The first kappa shape index (κ1) is 12.5. The summed E-state index contributed by atoms with van der Waals surface area (Å²) in [6, 6.07) is 0. The Balaban J connectivity index is 2.00. The molecular weight excluding hydrogens is 236 g/mol. The molecular formula is C11H16N4O3. The number of rotatable bonds is 4. The van der Waals surface area contributed by atoms with Gasteiger partial charge in [-0.3, -0.25) is 9.59 Å². The van der Waals surface area contributed by atoms with Gasteiger partial charge in [-0.25, -0.2) is 4.68 Å². The van der Waals surface area contributed by atoms with Crippen LogP contribution < -0.4 is 5.32 Å². The van der Waals surface area contributed by atoms with Gasteiger partial charge in [-0.2, -0.15) is 0 Å². The van der Waals surface area contributed by atoms with Crippen molar-refractivity contribution < 1.29 is 14.7 Å². The van der Waals surface area contributed by atoms with Gasteiger partial charge in [0.05, 0.1) is 6.20 Å². The number of aliphatic carboxylic acids is 1. The molecule has 1 aliphatic rings. The molecule has 18 heavy (non-hydrogen) atoms. The zero-order chi connectivity index (χ0) is 13.2. The average molecular weight is 252 g/mol. The van der Waals surface area contributed by atoms with Gasteiger partial charge in [0.2, 0.25) is 0 Å². The number of carboxylic acids is 1. The van der Waals surface area contributed by atoms with E-state index in [-0.39, 0.29) is 23.7 Å².